The molecular formula is C19H18Br2N2O2. The van der Waals surface area contributed by atoms with Crippen molar-refractivity contribution < 1.29 is 9.90 Å². The molecule has 0 unspecified atom stereocenters. The maximum Gasteiger partial charge on any atom is 0.256 e. The number of hydrogen-bond donors (Lipinski definition) is 2. The molecule has 0 fully saturated rings. The zero-order chi connectivity index (χ0) is 18.1. The van der Waals surface area contributed by atoms with E-state index in [-0.39, 0.29) is 11.7 Å². The van der Waals surface area contributed by atoms with E-state index in [1.807, 2.05) is 24.3 Å². The SMILES string of the molecule is CCN(CC)c1ccc(C=C2C(=O)Nc3c(Br)cc(Br)cc32)c(O)c1. The number of hydrogen-bond acceptors (Lipinski definition) is 3. The number of phenols is 1. The monoisotopic (exact) mass is 464 g/mol. The van der Waals surface area contributed by atoms with E-state index >= 15 is 0 Å². The smallest absolute Gasteiger partial charge is 0.256 e. The summed E-state index contributed by atoms with van der Waals surface area (Å²) in [5.41, 5.74) is 3.66. The Balaban J connectivity index is 2.04. The average Bonchev–Trinajstić information content (AvgIpc) is 2.87. The van der Waals surface area contributed by atoms with Crippen LogP contribution in [0.15, 0.2) is 39.3 Å². The number of carbonyl (C=O) groups is 1. The Labute approximate surface area is 163 Å². The molecule has 0 bridgehead atoms. The Kier molecular flexibility index (Phi) is 5.20. The van der Waals surface area contributed by atoms with E-state index in [0.29, 0.717) is 11.1 Å². The fraction of sp³-hybridized carbons (Fsp3) is 0.211. The summed E-state index contributed by atoms with van der Waals surface area (Å²) in [5, 5.41) is 13.3. The molecule has 0 spiro atoms. The second-order valence-electron chi connectivity index (χ2n) is 5.74. The first-order valence-corrected chi connectivity index (χ1v) is 9.63. The standard InChI is InChI=1S/C19H18Br2N2O2/c1-3-23(4-2)13-6-5-11(17(24)10-13)7-15-14-8-12(20)9-16(21)18(14)22-19(15)25/h5-10,24H,3-4H2,1-2H3,(H,22,25). The fourth-order valence-electron chi connectivity index (χ4n) is 2.95. The van der Waals surface area contributed by atoms with Crippen LogP contribution in [0.25, 0.3) is 11.6 Å². The first kappa shape index (κ1) is 18.0. The molecule has 1 aliphatic heterocycles. The average molecular weight is 466 g/mol. The van der Waals surface area contributed by atoms with Gasteiger partial charge in [-0.05, 0) is 60.1 Å². The van der Waals surface area contributed by atoms with Crippen molar-refractivity contribution in [1.82, 2.24) is 0 Å². The predicted octanol–water partition coefficient (Wildman–Crippen LogP) is 5.26. The minimum atomic E-state index is -0.180. The van der Waals surface area contributed by atoms with Crippen molar-refractivity contribution in [3.05, 3.63) is 50.4 Å². The Morgan fingerprint density at radius 2 is 1.88 bits per heavy atom. The number of benzene rings is 2. The molecule has 0 radical (unpaired) electrons. The molecule has 25 heavy (non-hydrogen) atoms. The van der Waals surface area contributed by atoms with E-state index in [0.717, 1.165) is 39.0 Å². The number of aromatic hydroxyl groups is 1. The van der Waals surface area contributed by atoms with Gasteiger partial charge in [0.2, 0.25) is 0 Å². The van der Waals surface area contributed by atoms with Gasteiger partial charge in [-0.15, -0.1) is 0 Å². The van der Waals surface area contributed by atoms with Gasteiger partial charge in [0.25, 0.3) is 5.91 Å². The molecular weight excluding hydrogens is 448 g/mol. The van der Waals surface area contributed by atoms with Crippen LogP contribution in [-0.2, 0) is 4.79 Å². The molecule has 2 aromatic rings. The molecule has 2 N–H and O–H groups in total. The summed E-state index contributed by atoms with van der Waals surface area (Å²) in [7, 11) is 0. The van der Waals surface area contributed by atoms with Crippen molar-refractivity contribution in [2.75, 3.05) is 23.3 Å². The summed E-state index contributed by atoms with van der Waals surface area (Å²) in [6, 6.07) is 9.32. The summed E-state index contributed by atoms with van der Waals surface area (Å²) >= 11 is 6.92. The van der Waals surface area contributed by atoms with Crippen LogP contribution >= 0.6 is 31.9 Å². The number of rotatable bonds is 4. The minimum Gasteiger partial charge on any atom is -0.507 e. The largest absolute Gasteiger partial charge is 0.507 e. The highest BCUT2D eigenvalue weighted by Gasteiger charge is 2.26. The van der Waals surface area contributed by atoms with E-state index in [2.05, 4.69) is 55.9 Å². The highest BCUT2D eigenvalue weighted by Crippen LogP contribution is 2.41. The predicted molar refractivity (Wildman–Crippen MR) is 110 cm³/mol. The molecule has 0 atom stereocenters. The van der Waals surface area contributed by atoms with Crippen LogP contribution < -0.4 is 10.2 Å². The summed E-state index contributed by atoms with van der Waals surface area (Å²) in [4.78, 5) is 14.5. The maximum atomic E-state index is 12.4. The second-order valence-corrected chi connectivity index (χ2v) is 7.51. The van der Waals surface area contributed by atoms with Crippen molar-refractivity contribution in [3.63, 3.8) is 0 Å². The van der Waals surface area contributed by atoms with Gasteiger partial charge >= 0.3 is 0 Å². The number of nitrogens with one attached hydrogen (secondary N) is 1. The lowest BCUT2D eigenvalue weighted by Crippen LogP contribution is -2.21. The van der Waals surface area contributed by atoms with Gasteiger partial charge in [-0.25, -0.2) is 0 Å². The van der Waals surface area contributed by atoms with Gasteiger partial charge in [0.05, 0.1) is 5.69 Å². The molecule has 130 valence electrons. The van der Waals surface area contributed by atoms with Crippen molar-refractivity contribution in [2.24, 2.45) is 0 Å². The second kappa shape index (κ2) is 7.22. The van der Waals surface area contributed by atoms with Crippen molar-refractivity contribution in [3.8, 4) is 5.75 Å². The number of amides is 1. The van der Waals surface area contributed by atoms with Crippen molar-refractivity contribution in [1.29, 1.82) is 0 Å². The molecule has 2 aromatic carbocycles. The van der Waals surface area contributed by atoms with E-state index in [1.165, 1.54) is 0 Å². The van der Waals surface area contributed by atoms with Gasteiger partial charge in [0.15, 0.2) is 0 Å². The topological polar surface area (TPSA) is 52.6 Å². The highest BCUT2D eigenvalue weighted by molar-refractivity contribution is 9.11. The van der Waals surface area contributed by atoms with E-state index in [9.17, 15) is 9.90 Å². The van der Waals surface area contributed by atoms with Gasteiger partial charge in [-0.2, -0.15) is 0 Å². The van der Waals surface area contributed by atoms with E-state index in [1.54, 1.807) is 12.1 Å². The minimum absolute atomic E-state index is 0.159. The summed E-state index contributed by atoms with van der Waals surface area (Å²) in [6.07, 6.45) is 1.72. The van der Waals surface area contributed by atoms with Gasteiger partial charge < -0.3 is 15.3 Å². The third-order valence-corrected chi connectivity index (χ3v) is 5.35. The molecule has 0 saturated carbocycles. The molecule has 0 saturated heterocycles. The van der Waals surface area contributed by atoms with E-state index in [4.69, 9.17) is 0 Å². The zero-order valence-corrected chi connectivity index (χ0v) is 17.1. The van der Waals surface area contributed by atoms with E-state index < -0.39 is 0 Å². The Hall–Kier alpha value is -1.79. The number of fused-ring (bicyclic) bond motifs is 1. The molecule has 1 amide bonds. The van der Waals surface area contributed by atoms with Crippen LogP contribution in [0.5, 0.6) is 5.75 Å². The normalized spacial score (nSPS) is 14.6. The van der Waals surface area contributed by atoms with Gasteiger partial charge in [0.1, 0.15) is 5.75 Å². The molecule has 4 nitrogen and oxygen atoms in total. The van der Waals surface area contributed by atoms with Crippen LogP contribution in [0.1, 0.15) is 25.0 Å². The number of nitrogens with zero attached hydrogens (tertiary/aromatic N) is 1. The lowest BCUT2D eigenvalue weighted by molar-refractivity contribution is -0.110. The number of anilines is 2. The third kappa shape index (κ3) is 3.46. The van der Waals surface area contributed by atoms with Crippen LogP contribution in [0.2, 0.25) is 0 Å². The molecule has 0 aromatic heterocycles. The first-order chi connectivity index (χ1) is 11.9. The summed E-state index contributed by atoms with van der Waals surface area (Å²) in [6.45, 7) is 5.89. The quantitative estimate of drug-likeness (QED) is 0.605. The van der Waals surface area contributed by atoms with Crippen LogP contribution in [-0.4, -0.2) is 24.1 Å². The van der Waals surface area contributed by atoms with Gasteiger partial charge in [-0.1, -0.05) is 15.9 Å². The first-order valence-electron chi connectivity index (χ1n) is 8.05. The van der Waals surface area contributed by atoms with Crippen LogP contribution in [0.4, 0.5) is 11.4 Å². The lowest BCUT2D eigenvalue weighted by atomic mass is 10.0. The molecule has 1 aliphatic rings. The molecule has 1 heterocycles. The number of phenolic OH excluding ortho intramolecular Hbond substituents is 1. The molecule has 6 heteroatoms. The number of carbonyl (C=O) groups excluding carboxylic acids is 1. The molecule has 3 rings (SSSR count). The van der Waals surface area contributed by atoms with Crippen molar-refractivity contribution >= 4 is 60.8 Å². The van der Waals surface area contributed by atoms with Gasteiger partial charge in [0, 0.05) is 50.5 Å². The van der Waals surface area contributed by atoms with Crippen molar-refractivity contribution in [2.45, 2.75) is 13.8 Å². The fourth-order valence-corrected chi connectivity index (χ4v) is 4.28. The van der Waals surface area contributed by atoms with Crippen LogP contribution in [0, 0.1) is 0 Å². The highest BCUT2D eigenvalue weighted by atomic mass is 79.9. The Morgan fingerprint density at radius 1 is 1.16 bits per heavy atom. The third-order valence-electron chi connectivity index (χ3n) is 4.27. The Morgan fingerprint density at radius 3 is 2.52 bits per heavy atom. The maximum absolute atomic E-state index is 12.4. The number of halogens is 2. The molecule has 0 aliphatic carbocycles. The van der Waals surface area contributed by atoms with Gasteiger partial charge in [-0.3, -0.25) is 4.79 Å². The summed E-state index contributed by atoms with van der Waals surface area (Å²) in [5.74, 6) is -0.0202. The Bertz CT molecular complexity index is 874. The summed E-state index contributed by atoms with van der Waals surface area (Å²) < 4.78 is 1.69. The lowest BCUT2D eigenvalue weighted by Gasteiger charge is -2.21. The van der Waals surface area contributed by atoms with Crippen LogP contribution in [0.3, 0.4) is 0 Å². The zero-order valence-electron chi connectivity index (χ0n) is 13.9.